The molecule has 1 heterocycles. The van der Waals surface area contributed by atoms with Crippen LogP contribution in [-0.4, -0.2) is 5.11 Å². The van der Waals surface area contributed by atoms with Gasteiger partial charge in [0.2, 0.25) is 0 Å². The van der Waals surface area contributed by atoms with Gasteiger partial charge in [-0.3, -0.25) is 0 Å². The van der Waals surface area contributed by atoms with E-state index in [2.05, 4.69) is 15.9 Å². The normalized spacial score (nSPS) is 10.8. The van der Waals surface area contributed by atoms with Crippen LogP contribution in [0.1, 0.15) is 0 Å². The number of fused-ring (bicyclic) bond motifs is 1. The van der Waals surface area contributed by atoms with Crippen molar-refractivity contribution in [3.05, 3.63) is 63.4 Å². The van der Waals surface area contributed by atoms with Crippen LogP contribution in [0.4, 0.5) is 0 Å². The van der Waals surface area contributed by atoms with Gasteiger partial charge in [0.15, 0.2) is 5.58 Å². The number of benzene rings is 2. The Morgan fingerprint density at radius 1 is 1.05 bits per heavy atom. The summed E-state index contributed by atoms with van der Waals surface area (Å²) in [5.74, 6) is 0.117. The number of para-hydroxylation sites is 1. The molecule has 0 aliphatic heterocycles. The number of aromatic hydroxyl groups is 1. The lowest BCUT2D eigenvalue weighted by molar-refractivity contribution is 0.475. The fraction of sp³-hybridized carbons (Fsp3) is 0. The molecule has 1 N–H and O–H groups in total. The lowest BCUT2D eigenvalue weighted by Crippen LogP contribution is -2.02. The standard InChI is InChI=1S/C15H9BrO3/c16-13-6-2-4-10-8-12(15(18)19-14(10)13)9-3-1-5-11(17)7-9/h1-8,17H. The molecule has 0 unspecified atom stereocenters. The molecule has 0 bridgehead atoms. The highest BCUT2D eigenvalue weighted by Crippen LogP contribution is 2.27. The lowest BCUT2D eigenvalue weighted by Gasteiger charge is -2.04. The molecule has 3 nitrogen and oxygen atoms in total. The second kappa shape index (κ2) is 4.55. The number of hydrogen-bond donors (Lipinski definition) is 1. The largest absolute Gasteiger partial charge is 0.508 e. The number of halogens is 1. The Kier molecular flexibility index (Phi) is 2.87. The van der Waals surface area contributed by atoms with Crippen LogP contribution in [0.25, 0.3) is 22.1 Å². The van der Waals surface area contributed by atoms with Gasteiger partial charge in [0.1, 0.15) is 5.75 Å². The molecule has 94 valence electrons. The molecule has 0 aliphatic rings. The summed E-state index contributed by atoms with van der Waals surface area (Å²) < 4.78 is 6.07. The highest BCUT2D eigenvalue weighted by Gasteiger charge is 2.09. The van der Waals surface area contributed by atoms with E-state index in [9.17, 15) is 9.90 Å². The zero-order valence-corrected chi connectivity index (χ0v) is 11.3. The average molecular weight is 317 g/mol. The first-order valence-corrected chi connectivity index (χ1v) is 6.46. The molecule has 2 aromatic carbocycles. The van der Waals surface area contributed by atoms with Crippen molar-refractivity contribution < 1.29 is 9.52 Å². The van der Waals surface area contributed by atoms with Crippen molar-refractivity contribution in [3.8, 4) is 16.9 Å². The highest BCUT2D eigenvalue weighted by molar-refractivity contribution is 9.10. The molecule has 3 rings (SSSR count). The molecule has 1 aromatic heterocycles. The third-order valence-corrected chi connectivity index (χ3v) is 3.49. The van der Waals surface area contributed by atoms with Crippen LogP contribution in [0, 0.1) is 0 Å². The molecule has 0 fully saturated rings. The monoisotopic (exact) mass is 316 g/mol. The van der Waals surface area contributed by atoms with E-state index >= 15 is 0 Å². The van der Waals surface area contributed by atoms with Crippen LogP contribution in [0.5, 0.6) is 5.75 Å². The van der Waals surface area contributed by atoms with Gasteiger partial charge in [0.25, 0.3) is 0 Å². The first kappa shape index (κ1) is 12.0. The molecule has 0 saturated heterocycles. The number of hydrogen-bond acceptors (Lipinski definition) is 3. The molecule has 0 saturated carbocycles. The molecule has 0 spiro atoms. The number of rotatable bonds is 1. The van der Waals surface area contributed by atoms with Gasteiger partial charge in [-0.15, -0.1) is 0 Å². The first-order valence-electron chi connectivity index (χ1n) is 5.67. The van der Waals surface area contributed by atoms with Gasteiger partial charge in [-0.05, 0) is 45.8 Å². The maximum atomic E-state index is 12.0. The van der Waals surface area contributed by atoms with E-state index in [0.29, 0.717) is 16.7 Å². The Morgan fingerprint density at radius 3 is 2.63 bits per heavy atom. The van der Waals surface area contributed by atoms with E-state index in [4.69, 9.17) is 4.42 Å². The van der Waals surface area contributed by atoms with Crippen molar-refractivity contribution in [2.75, 3.05) is 0 Å². The minimum Gasteiger partial charge on any atom is -0.508 e. The molecule has 0 atom stereocenters. The summed E-state index contributed by atoms with van der Waals surface area (Å²) in [6.45, 7) is 0. The summed E-state index contributed by atoms with van der Waals surface area (Å²) in [5, 5.41) is 10.3. The zero-order valence-electron chi connectivity index (χ0n) is 9.76. The lowest BCUT2D eigenvalue weighted by atomic mass is 10.1. The van der Waals surface area contributed by atoms with E-state index < -0.39 is 5.63 Å². The van der Waals surface area contributed by atoms with Crippen molar-refractivity contribution in [3.63, 3.8) is 0 Å². The van der Waals surface area contributed by atoms with Gasteiger partial charge in [-0.25, -0.2) is 4.79 Å². The first-order chi connectivity index (χ1) is 9.15. The summed E-state index contributed by atoms with van der Waals surface area (Å²) >= 11 is 3.35. The Hall–Kier alpha value is -2.07. The molecular weight excluding hydrogens is 308 g/mol. The fourth-order valence-corrected chi connectivity index (χ4v) is 2.45. The predicted octanol–water partition coefficient (Wildman–Crippen LogP) is 3.93. The minimum atomic E-state index is -0.426. The van der Waals surface area contributed by atoms with Gasteiger partial charge < -0.3 is 9.52 Å². The zero-order chi connectivity index (χ0) is 13.4. The van der Waals surface area contributed by atoms with Gasteiger partial charge >= 0.3 is 5.63 Å². The molecule has 19 heavy (non-hydrogen) atoms. The fourth-order valence-electron chi connectivity index (χ4n) is 1.98. The third-order valence-electron chi connectivity index (χ3n) is 2.87. The summed E-state index contributed by atoms with van der Waals surface area (Å²) in [5.41, 5.74) is 1.17. The summed E-state index contributed by atoms with van der Waals surface area (Å²) in [4.78, 5) is 12.0. The Labute approximate surface area is 117 Å². The smallest absolute Gasteiger partial charge is 0.344 e. The van der Waals surface area contributed by atoms with Crippen molar-refractivity contribution in [1.29, 1.82) is 0 Å². The van der Waals surface area contributed by atoms with E-state index in [1.807, 2.05) is 18.2 Å². The van der Waals surface area contributed by atoms with Crippen LogP contribution >= 0.6 is 15.9 Å². The SMILES string of the molecule is O=c1oc2c(Br)cccc2cc1-c1cccc(O)c1. The minimum absolute atomic E-state index is 0.117. The van der Waals surface area contributed by atoms with Gasteiger partial charge in [-0.1, -0.05) is 24.3 Å². The average Bonchev–Trinajstić information content (AvgIpc) is 2.39. The van der Waals surface area contributed by atoms with Crippen LogP contribution < -0.4 is 5.63 Å². The summed E-state index contributed by atoms with van der Waals surface area (Å²) in [6.07, 6.45) is 0. The predicted molar refractivity (Wildman–Crippen MR) is 77.3 cm³/mol. The van der Waals surface area contributed by atoms with Crippen LogP contribution in [0.2, 0.25) is 0 Å². The highest BCUT2D eigenvalue weighted by atomic mass is 79.9. The summed E-state index contributed by atoms with van der Waals surface area (Å²) in [7, 11) is 0. The van der Waals surface area contributed by atoms with Gasteiger partial charge in [0, 0.05) is 5.39 Å². The van der Waals surface area contributed by atoms with Gasteiger partial charge in [0.05, 0.1) is 10.0 Å². The Balaban J connectivity index is 2.31. The molecule has 0 amide bonds. The van der Waals surface area contributed by atoms with E-state index in [-0.39, 0.29) is 5.75 Å². The molecular formula is C15H9BrO3. The quantitative estimate of drug-likeness (QED) is 0.692. The number of phenolic OH excluding ortho intramolecular Hbond substituents is 1. The molecule has 0 radical (unpaired) electrons. The molecule has 3 aromatic rings. The maximum Gasteiger partial charge on any atom is 0.344 e. The van der Waals surface area contributed by atoms with Crippen molar-refractivity contribution in [2.45, 2.75) is 0 Å². The maximum absolute atomic E-state index is 12.0. The summed E-state index contributed by atoms with van der Waals surface area (Å²) in [6, 6.07) is 13.9. The van der Waals surface area contributed by atoms with Crippen LogP contribution in [0.15, 0.2) is 62.2 Å². The van der Waals surface area contributed by atoms with Crippen LogP contribution in [-0.2, 0) is 0 Å². The van der Waals surface area contributed by atoms with Crippen molar-refractivity contribution >= 4 is 26.9 Å². The second-order valence-corrected chi connectivity index (χ2v) is 5.01. The molecule has 4 heteroatoms. The van der Waals surface area contributed by atoms with Gasteiger partial charge in [-0.2, -0.15) is 0 Å². The topological polar surface area (TPSA) is 50.4 Å². The van der Waals surface area contributed by atoms with Crippen molar-refractivity contribution in [2.24, 2.45) is 0 Å². The third kappa shape index (κ3) is 2.15. The van der Waals surface area contributed by atoms with Crippen LogP contribution in [0.3, 0.4) is 0 Å². The van der Waals surface area contributed by atoms with E-state index in [0.717, 1.165) is 9.86 Å². The second-order valence-electron chi connectivity index (χ2n) is 4.16. The molecule has 0 aliphatic carbocycles. The van der Waals surface area contributed by atoms with E-state index in [1.165, 1.54) is 6.07 Å². The Bertz CT molecular complexity index is 821. The van der Waals surface area contributed by atoms with E-state index in [1.54, 1.807) is 24.3 Å². The number of phenols is 1. The van der Waals surface area contributed by atoms with Crippen molar-refractivity contribution in [1.82, 2.24) is 0 Å². The Morgan fingerprint density at radius 2 is 1.84 bits per heavy atom.